The second kappa shape index (κ2) is 7.37. The summed E-state index contributed by atoms with van der Waals surface area (Å²) in [7, 11) is 0. The first kappa shape index (κ1) is 14.1. The SMILES string of the molecule is Cl.NC/C(=C/F)CC(F)c1ccccc1. The third-order valence-electron chi connectivity index (χ3n) is 2.02. The van der Waals surface area contributed by atoms with Gasteiger partial charge in [0.25, 0.3) is 0 Å². The van der Waals surface area contributed by atoms with Gasteiger partial charge in [0.2, 0.25) is 0 Å². The number of halogens is 3. The number of hydrogen-bond acceptors (Lipinski definition) is 1. The number of rotatable bonds is 4. The van der Waals surface area contributed by atoms with Gasteiger partial charge in [-0.1, -0.05) is 30.3 Å². The summed E-state index contributed by atoms with van der Waals surface area (Å²) in [5, 5.41) is 0. The minimum Gasteiger partial charge on any atom is -0.327 e. The smallest absolute Gasteiger partial charge is 0.129 e. The molecule has 4 heteroatoms. The van der Waals surface area contributed by atoms with Crippen LogP contribution in [0.15, 0.2) is 42.2 Å². The molecular formula is C11H14ClF2N. The molecule has 2 N–H and O–H groups in total. The molecule has 0 saturated carbocycles. The van der Waals surface area contributed by atoms with E-state index in [1.165, 1.54) is 0 Å². The molecule has 1 rings (SSSR count). The summed E-state index contributed by atoms with van der Waals surface area (Å²) < 4.78 is 25.6. The van der Waals surface area contributed by atoms with E-state index in [1.807, 2.05) is 6.07 Å². The van der Waals surface area contributed by atoms with Crippen LogP contribution in [0.4, 0.5) is 8.78 Å². The Bertz CT molecular complexity index is 301. The molecule has 0 amide bonds. The quantitative estimate of drug-likeness (QED) is 0.848. The molecule has 84 valence electrons. The van der Waals surface area contributed by atoms with Crippen molar-refractivity contribution in [3.05, 3.63) is 47.8 Å². The van der Waals surface area contributed by atoms with E-state index >= 15 is 0 Å². The molecule has 15 heavy (non-hydrogen) atoms. The highest BCUT2D eigenvalue weighted by Crippen LogP contribution is 2.24. The standard InChI is InChI=1S/C11H13F2N.ClH/c12-7-9(8-14)6-11(13)10-4-2-1-3-5-10;/h1-5,7,11H,6,8,14H2;1H/b9-7+;. The maximum Gasteiger partial charge on any atom is 0.129 e. The normalized spacial score (nSPS) is 13.1. The fourth-order valence-corrected chi connectivity index (χ4v) is 1.18. The lowest BCUT2D eigenvalue weighted by Gasteiger charge is -2.08. The molecule has 1 aromatic rings. The van der Waals surface area contributed by atoms with Gasteiger partial charge in [-0.05, 0) is 11.1 Å². The van der Waals surface area contributed by atoms with Crippen LogP contribution in [-0.4, -0.2) is 6.54 Å². The molecule has 0 aromatic heterocycles. The predicted octanol–water partition coefficient (Wildman–Crippen LogP) is 3.32. The molecule has 1 atom stereocenters. The van der Waals surface area contributed by atoms with E-state index in [0.29, 0.717) is 17.5 Å². The van der Waals surface area contributed by atoms with Gasteiger partial charge < -0.3 is 5.73 Å². The van der Waals surface area contributed by atoms with Gasteiger partial charge in [0.05, 0.1) is 6.33 Å². The van der Waals surface area contributed by atoms with Crippen LogP contribution in [0.3, 0.4) is 0 Å². The molecular weight excluding hydrogens is 220 g/mol. The van der Waals surface area contributed by atoms with Crippen molar-refractivity contribution in [3.8, 4) is 0 Å². The molecule has 0 aliphatic carbocycles. The maximum absolute atomic E-state index is 13.5. The van der Waals surface area contributed by atoms with Crippen LogP contribution in [0.2, 0.25) is 0 Å². The first-order valence-electron chi connectivity index (χ1n) is 4.45. The van der Waals surface area contributed by atoms with Crippen LogP contribution in [0.1, 0.15) is 18.2 Å². The average Bonchev–Trinajstić information content (AvgIpc) is 2.26. The molecule has 0 bridgehead atoms. The molecule has 0 spiro atoms. The third kappa shape index (κ3) is 4.40. The molecule has 0 saturated heterocycles. The Morgan fingerprint density at radius 2 is 1.93 bits per heavy atom. The van der Waals surface area contributed by atoms with E-state index in [-0.39, 0.29) is 25.4 Å². The summed E-state index contributed by atoms with van der Waals surface area (Å²) in [5.74, 6) is 0. The van der Waals surface area contributed by atoms with Crippen molar-refractivity contribution in [1.82, 2.24) is 0 Å². The van der Waals surface area contributed by atoms with Crippen molar-refractivity contribution in [2.75, 3.05) is 6.54 Å². The van der Waals surface area contributed by atoms with Gasteiger partial charge in [-0.3, -0.25) is 0 Å². The molecule has 0 radical (unpaired) electrons. The van der Waals surface area contributed by atoms with E-state index in [4.69, 9.17) is 5.73 Å². The van der Waals surface area contributed by atoms with Crippen molar-refractivity contribution < 1.29 is 8.78 Å². The zero-order valence-corrected chi connectivity index (χ0v) is 9.01. The minimum absolute atomic E-state index is 0. The highest BCUT2D eigenvalue weighted by molar-refractivity contribution is 5.85. The summed E-state index contributed by atoms with van der Waals surface area (Å²) in [5.41, 5.74) is 6.08. The highest BCUT2D eigenvalue weighted by atomic mass is 35.5. The van der Waals surface area contributed by atoms with Gasteiger partial charge in [-0.25, -0.2) is 8.78 Å². The Hall–Kier alpha value is -0.930. The summed E-state index contributed by atoms with van der Waals surface area (Å²) in [4.78, 5) is 0. The van der Waals surface area contributed by atoms with Crippen LogP contribution in [0, 0.1) is 0 Å². The van der Waals surface area contributed by atoms with E-state index in [9.17, 15) is 8.78 Å². The molecule has 0 heterocycles. The number of hydrogen-bond donors (Lipinski definition) is 1. The predicted molar refractivity (Wildman–Crippen MR) is 60.4 cm³/mol. The van der Waals surface area contributed by atoms with Gasteiger partial charge in [0.15, 0.2) is 0 Å². The Morgan fingerprint density at radius 3 is 2.40 bits per heavy atom. The summed E-state index contributed by atoms with van der Waals surface area (Å²) in [6, 6.07) is 8.67. The molecule has 1 unspecified atom stereocenters. The monoisotopic (exact) mass is 233 g/mol. The fraction of sp³-hybridized carbons (Fsp3) is 0.273. The molecule has 1 nitrogen and oxygen atoms in total. The zero-order valence-electron chi connectivity index (χ0n) is 8.20. The van der Waals surface area contributed by atoms with Crippen LogP contribution < -0.4 is 5.73 Å². The summed E-state index contributed by atoms with van der Waals surface area (Å²) in [6.07, 6.45) is -0.770. The van der Waals surface area contributed by atoms with Crippen molar-refractivity contribution in [2.24, 2.45) is 5.73 Å². The topological polar surface area (TPSA) is 26.0 Å². The summed E-state index contributed by atoms with van der Waals surface area (Å²) in [6.45, 7) is 0.0593. The van der Waals surface area contributed by atoms with Crippen LogP contribution >= 0.6 is 12.4 Å². The first-order valence-corrected chi connectivity index (χ1v) is 4.45. The third-order valence-corrected chi connectivity index (χ3v) is 2.02. The number of benzene rings is 1. The Kier molecular flexibility index (Phi) is 6.92. The summed E-state index contributed by atoms with van der Waals surface area (Å²) >= 11 is 0. The Balaban J connectivity index is 0.00000196. The van der Waals surface area contributed by atoms with Crippen molar-refractivity contribution in [1.29, 1.82) is 0 Å². The second-order valence-electron chi connectivity index (χ2n) is 3.05. The van der Waals surface area contributed by atoms with Crippen LogP contribution in [-0.2, 0) is 0 Å². The Labute approximate surface area is 94.4 Å². The number of nitrogens with two attached hydrogens (primary N) is 1. The molecule has 0 aliphatic rings. The lowest BCUT2D eigenvalue weighted by Crippen LogP contribution is -2.05. The highest BCUT2D eigenvalue weighted by Gasteiger charge is 2.10. The van der Waals surface area contributed by atoms with Crippen LogP contribution in [0.5, 0.6) is 0 Å². The van der Waals surface area contributed by atoms with Crippen molar-refractivity contribution in [3.63, 3.8) is 0 Å². The van der Waals surface area contributed by atoms with Crippen molar-refractivity contribution >= 4 is 12.4 Å². The van der Waals surface area contributed by atoms with Crippen molar-refractivity contribution in [2.45, 2.75) is 12.6 Å². The molecule has 0 aliphatic heterocycles. The second-order valence-corrected chi connectivity index (χ2v) is 3.05. The van der Waals surface area contributed by atoms with E-state index in [0.717, 1.165) is 0 Å². The average molecular weight is 234 g/mol. The van der Waals surface area contributed by atoms with Gasteiger partial charge in [0.1, 0.15) is 6.17 Å². The minimum atomic E-state index is -1.18. The zero-order chi connectivity index (χ0) is 10.4. The van der Waals surface area contributed by atoms with Gasteiger partial charge in [0, 0.05) is 13.0 Å². The largest absolute Gasteiger partial charge is 0.327 e. The first-order chi connectivity index (χ1) is 6.77. The fourth-order valence-electron chi connectivity index (χ4n) is 1.18. The van der Waals surface area contributed by atoms with E-state index < -0.39 is 6.17 Å². The molecule has 0 fully saturated rings. The lowest BCUT2D eigenvalue weighted by atomic mass is 10.0. The lowest BCUT2D eigenvalue weighted by molar-refractivity contribution is 0.339. The van der Waals surface area contributed by atoms with Gasteiger partial charge >= 0.3 is 0 Å². The molecule has 1 aromatic carbocycles. The maximum atomic E-state index is 13.5. The van der Waals surface area contributed by atoms with Crippen LogP contribution in [0.25, 0.3) is 0 Å². The number of alkyl halides is 1. The van der Waals surface area contributed by atoms with Gasteiger partial charge in [-0.15, -0.1) is 12.4 Å². The van der Waals surface area contributed by atoms with Gasteiger partial charge in [-0.2, -0.15) is 0 Å². The Morgan fingerprint density at radius 1 is 1.33 bits per heavy atom. The van der Waals surface area contributed by atoms with E-state index in [1.54, 1.807) is 24.3 Å². The van der Waals surface area contributed by atoms with E-state index in [2.05, 4.69) is 0 Å².